The number of hydrogen-bond acceptors (Lipinski definition) is 6. The van der Waals surface area contributed by atoms with Crippen molar-refractivity contribution in [3.8, 4) is 0 Å². The summed E-state index contributed by atoms with van der Waals surface area (Å²) in [6.45, 7) is 1.50. The van der Waals surface area contributed by atoms with Crippen LogP contribution >= 0.6 is 0 Å². The van der Waals surface area contributed by atoms with Crippen molar-refractivity contribution in [2.45, 2.75) is 13.0 Å². The molecular formula is C13H16FN3O4. The molecule has 0 aliphatic rings. The third-order valence-electron chi connectivity index (χ3n) is 2.50. The predicted octanol–water partition coefficient (Wildman–Crippen LogP) is 1.51. The number of carbonyl (C=O) groups is 2. The van der Waals surface area contributed by atoms with Gasteiger partial charge in [-0.15, -0.1) is 0 Å². The minimum absolute atomic E-state index is 0.219. The zero-order valence-corrected chi connectivity index (χ0v) is 11.8. The lowest BCUT2D eigenvalue weighted by atomic mass is 10.2. The van der Waals surface area contributed by atoms with Crippen LogP contribution in [0.3, 0.4) is 0 Å². The molecule has 0 bridgehead atoms. The summed E-state index contributed by atoms with van der Waals surface area (Å²) in [6.07, 6.45) is -0.774. The van der Waals surface area contributed by atoms with Crippen LogP contribution in [0.1, 0.15) is 6.92 Å². The van der Waals surface area contributed by atoms with Gasteiger partial charge < -0.3 is 14.8 Å². The molecule has 1 amide bonds. The van der Waals surface area contributed by atoms with Crippen LogP contribution in [0.25, 0.3) is 0 Å². The van der Waals surface area contributed by atoms with E-state index in [9.17, 15) is 14.0 Å². The van der Waals surface area contributed by atoms with Crippen molar-refractivity contribution in [1.29, 1.82) is 0 Å². The van der Waals surface area contributed by atoms with Gasteiger partial charge in [0.15, 0.2) is 6.04 Å². The van der Waals surface area contributed by atoms with E-state index in [0.717, 1.165) is 0 Å². The molecule has 2 N–H and O–H groups in total. The van der Waals surface area contributed by atoms with Crippen molar-refractivity contribution in [3.63, 3.8) is 0 Å². The number of nitrogens with zero attached hydrogens (tertiary/aromatic N) is 1. The van der Waals surface area contributed by atoms with E-state index in [1.165, 1.54) is 39.3 Å². The quantitative estimate of drug-likeness (QED) is 0.488. The number of benzene rings is 1. The highest BCUT2D eigenvalue weighted by Crippen LogP contribution is 2.11. The zero-order valence-electron chi connectivity index (χ0n) is 11.8. The molecule has 1 aromatic rings. The average molecular weight is 297 g/mol. The van der Waals surface area contributed by atoms with E-state index in [2.05, 4.69) is 25.3 Å². The molecule has 1 atom stereocenters. The molecular weight excluding hydrogens is 281 g/mol. The van der Waals surface area contributed by atoms with Gasteiger partial charge in [0.25, 0.3) is 0 Å². The van der Waals surface area contributed by atoms with Gasteiger partial charge in [0.05, 0.1) is 19.9 Å². The van der Waals surface area contributed by atoms with E-state index in [1.807, 2.05) is 0 Å². The Morgan fingerprint density at radius 3 is 2.57 bits per heavy atom. The molecule has 0 fully saturated rings. The Labute approximate surface area is 121 Å². The summed E-state index contributed by atoms with van der Waals surface area (Å²) in [5.74, 6) is -1.09. The molecule has 1 unspecified atom stereocenters. The number of ether oxygens (including phenoxy) is 2. The van der Waals surface area contributed by atoms with Crippen LogP contribution in [0.5, 0.6) is 0 Å². The predicted molar refractivity (Wildman–Crippen MR) is 74.5 cm³/mol. The Morgan fingerprint density at radius 2 is 2.00 bits per heavy atom. The van der Waals surface area contributed by atoms with Gasteiger partial charge in [0, 0.05) is 5.69 Å². The third kappa shape index (κ3) is 5.09. The standard InChI is InChI=1S/C13H16FN3O4/c1-8(16-17-13(19)21-3)11(12(18)20-2)15-10-6-4-5-9(14)7-10/h4-7,11,15H,1-3H3,(H,17,19)/b16-8+. The molecule has 8 heteroatoms. The van der Waals surface area contributed by atoms with Crippen LogP contribution in [0.4, 0.5) is 14.9 Å². The maximum Gasteiger partial charge on any atom is 0.427 e. The van der Waals surface area contributed by atoms with Crippen molar-refractivity contribution in [2.75, 3.05) is 19.5 Å². The van der Waals surface area contributed by atoms with Crippen molar-refractivity contribution in [2.24, 2.45) is 5.10 Å². The monoisotopic (exact) mass is 297 g/mol. The van der Waals surface area contributed by atoms with E-state index in [0.29, 0.717) is 5.69 Å². The van der Waals surface area contributed by atoms with Crippen LogP contribution in [-0.2, 0) is 14.3 Å². The molecule has 1 rings (SSSR count). The minimum Gasteiger partial charge on any atom is -0.467 e. The second-order valence-corrected chi connectivity index (χ2v) is 3.97. The van der Waals surface area contributed by atoms with Crippen LogP contribution in [0.2, 0.25) is 0 Å². The number of amides is 1. The van der Waals surface area contributed by atoms with Gasteiger partial charge in [-0.3, -0.25) is 0 Å². The van der Waals surface area contributed by atoms with E-state index in [4.69, 9.17) is 0 Å². The van der Waals surface area contributed by atoms with Crippen LogP contribution in [-0.4, -0.2) is 38.0 Å². The molecule has 0 saturated heterocycles. The molecule has 0 radical (unpaired) electrons. The van der Waals surface area contributed by atoms with Crippen LogP contribution in [0.15, 0.2) is 29.4 Å². The first-order valence-corrected chi connectivity index (χ1v) is 5.96. The van der Waals surface area contributed by atoms with Gasteiger partial charge >= 0.3 is 12.1 Å². The Balaban J connectivity index is 2.90. The molecule has 7 nitrogen and oxygen atoms in total. The Morgan fingerprint density at radius 1 is 1.29 bits per heavy atom. The van der Waals surface area contributed by atoms with Gasteiger partial charge in [-0.1, -0.05) is 6.07 Å². The maximum atomic E-state index is 13.1. The van der Waals surface area contributed by atoms with Crippen molar-refractivity contribution in [1.82, 2.24) is 5.43 Å². The molecule has 0 saturated carbocycles. The zero-order chi connectivity index (χ0) is 15.8. The van der Waals surface area contributed by atoms with E-state index in [-0.39, 0.29) is 5.71 Å². The molecule has 21 heavy (non-hydrogen) atoms. The summed E-state index contributed by atoms with van der Waals surface area (Å²) < 4.78 is 22.1. The SMILES string of the molecule is COC(=O)N/N=C(\C)C(Nc1cccc(F)c1)C(=O)OC. The highest BCUT2D eigenvalue weighted by atomic mass is 19.1. The molecule has 0 aliphatic heterocycles. The average Bonchev–Trinajstić information content (AvgIpc) is 2.49. The molecule has 0 heterocycles. The first kappa shape index (κ1) is 16.4. The number of hydrazone groups is 1. The van der Waals surface area contributed by atoms with Gasteiger partial charge in [-0.05, 0) is 25.1 Å². The Bertz CT molecular complexity index is 548. The number of carbonyl (C=O) groups excluding carboxylic acids is 2. The molecule has 0 aromatic heterocycles. The van der Waals surface area contributed by atoms with Crippen molar-refractivity contribution in [3.05, 3.63) is 30.1 Å². The largest absolute Gasteiger partial charge is 0.467 e. The lowest BCUT2D eigenvalue weighted by molar-refractivity contribution is -0.139. The molecule has 0 spiro atoms. The second kappa shape index (κ2) is 7.83. The topological polar surface area (TPSA) is 89.0 Å². The van der Waals surface area contributed by atoms with Crippen molar-refractivity contribution < 1.29 is 23.5 Å². The van der Waals surface area contributed by atoms with Gasteiger partial charge in [-0.25, -0.2) is 19.4 Å². The first-order valence-electron chi connectivity index (χ1n) is 5.96. The van der Waals surface area contributed by atoms with E-state index >= 15 is 0 Å². The second-order valence-electron chi connectivity index (χ2n) is 3.97. The third-order valence-corrected chi connectivity index (χ3v) is 2.50. The highest BCUT2D eigenvalue weighted by molar-refractivity contribution is 6.07. The van der Waals surface area contributed by atoms with Crippen LogP contribution < -0.4 is 10.7 Å². The molecule has 0 aliphatic carbocycles. The Hall–Kier alpha value is -2.64. The summed E-state index contributed by atoms with van der Waals surface area (Å²) in [5, 5.41) is 6.49. The molecule has 114 valence electrons. The van der Waals surface area contributed by atoms with Gasteiger partial charge in [0.1, 0.15) is 5.82 Å². The summed E-state index contributed by atoms with van der Waals surface area (Å²) in [5.41, 5.74) is 2.69. The lowest BCUT2D eigenvalue weighted by Crippen LogP contribution is -2.38. The fourth-order valence-electron chi connectivity index (χ4n) is 1.44. The first-order chi connectivity index (χ1) is 9.97. The summed E-state index contributed by atoms with van der Waals surface area (Å²) in [4.78, 5) is 22.7. The van der Waals surface area contributed by atoms with Crippen molar-refractivity contribution >= 4 is 23.5 Å². The number of methoxy groups -OCH3 is 2. The normalized spacial score (nSPS) is 12.3. The number of rotatable bonds is 5. The number of hydrogen-bond donors (Lipinski definition) is 2. The lowest BCUT2D eigenvalue weighted by Gasteiger charge is -2.17. The fourth-order valence-corrected chi connectivity index (χ4v) is 1.44. The van der Waals surface area contributed by atoms with Gasteiger partial charge in [-0.2, -0.15) is 5.10 Å². The molecule has 1 aromatic carbocycles. The number of anilines is 1. The maximum absolute atomic E-state index is 13.1. The van der Waals surface area contributed by atoms with Crippen LogP contribution in [0, 0.1) is 5.82 Å². The highest BCUT2D eigenvalue weighted by Gasteiger charge is 2.23. The smallest absolute Gasteiger partial charge is 0.427 e. The van der Waals surface area contributed by atoms with Gasteiger partial charge in [0.2, 0.25) is 0 Å². The minimum atomic E-state index is -0.978. The summed E-state index contributed by atoms with van der Waals surface area (Å²) in [6, 6.07) is 4.59. The number of nitrogens with one attached hydrogen (secondary N) is 2. The Kier molecular flexibility index (Phi) is 6.12. The number of halogens is 1. The summed E-state index contributed by atoms with van der Waals surface area (Å²) in [7, 11) is 2.40. The van der Waals surface area contributed by atoms with E-state index < -0.39 is 23.9 Å². The summed E-state index contributed by atoms with van der Waals surface area (Å²) >= 11 is 0. The van der Waals surface area contributed by atoms with E-state index in [1.54, 1.807) is 6.07 Å². The fraction of sp³-hybridized carbons (Fsp3) is 0.308. The number of esters is 1.